The zero-order valence-corrected chi connectivity index (χ0v) is 19.4. The number of aromatic amines is 1. The number of hydrogen-bond acceptors (Lipinski definition) is 3. The van der Waals surface area contributed by atoms with E-state index >= 15 is 0 Å². The molecule has 2 N–H and O–H groups in total. The molecular formula is C26H27N3O2S. The van der Waals surface area contributed by atoms with Gasteiger partial charge in [-0.1, -0.05) is 37.3 Å². The van der Waals surface area contributed by atoms with Gasteiger partial charge in [0.05, 0.1) is 24.9 Å². The first-order valence-electron chi connectivity index (χ1n) is 10.7. The standard InChI is InChI=1S/C26H27N3O2S/c1-4-19-8-5-6-10-23(19)27-26(32)29(16-22-9-7-13-31-22)15-21-14-20-12-11-17(2)18(3)24(20)28-25(21)30/h5-14H,4,15-16H2,1-3H3,(H,27,32)(H,28,30). The molecule has 5 nitrogen and oxygen atoms in total. The SMILES string of the molecule is CCc1ccccc1NC(=S)N(Cc1ccco1)Cc1cc2ccc(C)c(C)c2[nH]c1=O. The van der Waals surface area contributed by atoms with Crippen LogP contribution in [0.3, 0.4) is 0 Å². The number of H-pyrrole nitrogens is 1. The number of furan rings is 1. The molecule has 0 radical (unpaired) electrons. The number of thiocarbonyl (C=S) groups is 1. The Morgan fingerprint density at radius 3 is 2.62 bits per heavy atom. The fraction of sp³-hybridized carbons (Fsp3) is 0.231. The van der Waals surface area contributed by atoms with Crippen LogP contribution in [0.25, 0.3) is 10.9 Å². The van der Waals surface area contributed by atoms with Crippen LogP contribution in [0.15, 0.2) is 70.1 Å². The summed E-state index contributed by atoms with van der Waals surface area (Å²) >= 11 is 5.78. The third-order valence-electron chi connectivity index (χ3n) is 5.84. The first-order valence-corrected chi connectivity index (χ1v) is 11.2. The molecule has 4 aromatic rings. The number of para-hydroxylation sites is 1. The van der Waals surface area contributed by atoms with Gasteiger partial charge in [-0.2, -0.15) is 0 Å². The molecule has 0 amide bonds. The Kier molecular flexibility index (Phi) is 6.42. The monoisotopic (exact) mass is 445 g/mol. The lowest BCUT2D eigenvalue weighted by atomic mass is 10.0. The quantitative estimate of drug-likeness (QED) is 0.373. The molecule has 0 aliphatic heterocycles. The highest BCUT2D eigenvalue weighted by Gasteiger charge is 2.17. The maximum Gasteiger partial charge on any atom is 0.253 e. The maximum absolute atomic E-state index is 12.9. The van der Waals surface area contributed by atoms with E-state index in [1.807, 2.05) is 61.2 Å². The number of anilines is 1. The highest BCUT2D eigenvalue weighted by Crippen LogP contribution is 2.21. The Morgan fingerprint density at radius 2 is 1.88 bits per heavy atom. The number of hydrogen-bond donors (Lipinski definition) is 2. The summed E-state index contributed by atoms with van der Waals surface area (Å²) in [4.78, 5) is 18.0. The van der Waals surface area contributed by atoms with Crippen molar-refractivity contribution in [3.63, 3.8) is 0 Å². The molecule has 0 bridgehead atoms. The Balaban J connectivity index is 1.66. The van der Waals surface area contributed by atoms with Gasteiger partial charge in [0.15, 0.2) is 5.11 Å². The third kappa shape index (κ3) is 4.60. The smallest absolute Gasteiger partial charge is 0.253 e. The lowest BCUT2D eigenvalue weighted by Crippen LogP contribution is -2.35. The van der Waals surface area contributed by atoms with E-state index in [0.29, 0.717) is 23.8 Å². The van der Waals surface area contributed by atoms with Gasteiger partial charge in [0, 0.05) is 11.3 Å². The Hall–Kier alpha value is -3.38. The summed E-state index contributed by atoms with van der Waals surface area (Å²) in [6.07, 6.45) is 2.54. The molecule has 32 heavy (non-hydrogen) atoms. The molecule has 164 valence electrons. The number of benzene rings is 2. The fourth-order valence-electron chi connectivity index (χ4n) is 3.83. The largest absolute Gasteiger partial charge is 0.467 e. The average molecular weight is 446 g/mol. The van der Waals surface area contributed by atoms with Gasteiger partial charge in [-0.3, -0.25) is 4.79 Å². The van der Waals surface area contributed by atoms with Gasteiger partial charge in [-0.25, -0.2) is 0 Å². The van der Waals surface area contributed by atoms with E-state index in [1.54, 1.807) is 6.26 Å². The zero-order chi connectivity index (χ0) is 22.7. The molecule has 0 unspecified atom stereocenters. The lowest BCUT2D eigenvalue weighted by Gasteiger charge is -2.26. The second-order valence-corrected chi connectivity index (χ2v) is 8.36. The molecule has 2 aromatic carbocycles. The summed E-state index contributed by atoms with van der Waals surface area (Å²) in [5.41, 5.74) is 5.83. The zero-order valence-electron chi connectivity index (χ0n) is 18.6. The molecule has 6 heteroatoms. The Bertz CT molecular complexity index is 1310. The van der Waals surface area contributed by atoms with E-state index in [4.69, 9.17) is 16.6 Å². The van der Waals surface area contributed by atoms with Crippen molar-refractivity contribution in [3.8, 4) is 0 Å². The number of aromatic nitrogens is 1. The van der Waals surface area contributed by atoms with Gasteiger partial charge < -0.3 is 19.6 Å². The molecule has 0 aliphatic rings. The molecule has 4 rings (SSSR count). The Labute approximate surface area is 193 Å². The first-order chi connectivity index (χ1) is 15.5. The molecule has 2 heterocycles. The molecule has 0 saturated carbocycles. The minimum Gasteiger partial charge on any atom is -0.467 e. The number of rotatable bonds is 6. The van der Waals surface area contributed by atoms with Crippen LogP contribution in [-0.4, -0.2) is 15.0 Å². The number of aryl methyl sites for hydroxylation is 3. The van der Waals surface area contributed by atoms with Gasteiger partial charge in [0.2, 0.25) is 0 Å². The molecule has 0 spiro atoms. The highest BCUT2D eigenvalue weighted by molar-refractivity contribution is 7.80. The van der Waals surface area contributed by atoms with Crippen LogP contribution >= 0.6 is 12.2 Å². The summed E-state index contributed by atoms with van der Waals surface area (Å²) in [7, 11) is 0. The van der Waals surface area contributed by atoms with Crippen LogP contribution in [-0.2, 0) is 19.5 Å². The molecule has 0 aliphatic carbocycles. The van der Waals surface area contributed by atoms with E-state index in [2.05, 4.69) is 29.4 Å². The minimum absolute atomic E-state index is 0.104. The van der Waals surface area contributed by atoms with Gasteiger partial charge >= 0.3 is 0 Å². The van der Waals surface area contributed by atoms with Crippen molar-refractivity contribution in [2.45, 2.75) is 40.3 Å². The van der Waals surface area contributed by atoms with Gasteiger partial charge in [0.1, 0.15) is 5.76 Å². The number of fused-ring (bicyclic) bond motifs is 1. The van der Waals surface area contributed by atoms with Crippen LogP contribution in [0, 0.1) is 13.8 Å². The fourth-order valence-corrected chi connectivity index (χ4v) is 4.07. The van der Waals surface area contributed by atoms with E-state index in [9.17, 15) is 4.79 Å². The third-order valence-corrected chi connectivity index (χ3v) is 6.20. The summed E-state index contributed by atoms with van der Waals surface area (Å²) < 4.78 is 5.56. The second kappa shape index (κ2) is 9.40. The average Bonchev–Trinajstić information content (AvgIpc) is 3.30. The highest BCUT2D eigenvalue weighted by atomic mass is 32.1. The summed E-state index contributed by atoms with van der Waals surface area (Å²) in [5, 5.41) is 4.92. The van der Waals surface area contributed by atoms with Crippen molar-refractivity contribution in [1.29, 1.82) is 0 Å². The topological polar surface area (TPSA) is 61.3 Å². The van der Waals surface area contributed by atoms with Crippen molar-refractivity contribution in [3.05, 3.63) is 99.2 Å². The summed E-state index contributed by atoms with van der Waals surface area (Å²) in [6, 6.07) is 17.9. The van der Waals surface area contributed by atoms with E-state index in [-0.39, 0.29) is 5.56 Å². The van der Waals surface area contributed by atoms with Crippen LogP contribution in [0.1, 0.15) is 34.9 Å². The lowest BCUT2D eigenvalue weighted by molar-refractivity contribution is 0.359. The number of pyridine rings is 1. The number of nitrogens with zero attached hydrogens (tertiary/aromatic N) is 1. The summed E-state index contributed by atoms with van der Waals surface area (Å²) in [6.45, 7) is 7.00. The van der Waals surface area contributed by atoms with Crippen molar-refractivity contribution in [1.82, 2.24) is 9.88 Å². The first kappa shape index (κ1) is 21.8. The number of nitrogens with one attached hydrogen (secondary N) is 2. The van der Waals surface area contributed by atoms with Gasteiger partial charge in [-0.15, -0.1) is 0 Å². The van der Waals surface area contributed by atoms with E-state index < -0.39 is 0 Å². The predicted octanol–water partition coefficient (Wildman–Crippen LogP) is 5.70. The van der Waals surface area contributed by atoms with Crippen molar-refractivity contribution in [2.75, 3.05) is 5.32 Å². The molecule has 0 fully saturated rings. The second-order valence-electron chi connectivity index (χ2n) is 7.97. The molecular weight excluding hydrogens is 418 g/mol. The van der Waals surface area contributed by atoms with Crippen LogP contribution < -0.4 is 10.9 Å². The van der Waals surface area contributed by atoms with Crippen LogP contribution in [0.2, 0.25) is 0 Å². The molecule has 2 aromatic heterocycles. The molecule has 0 atom stereocenters. The van der Waals surface area contributed by atoms with Gasteiger partial charge in [0.25, 0.3) is 5.56 Å². The van der Waals surface area contributed by atoms with Crippen LogP contribution in [0.5, 0.6) is 0 Å². The summed E-state index contributed by atoms with van der Waals surface area (Å²) in [5.74, 6) is 0.779. The minimum atomic E-state index is -0.104. The van der Waals surface area contributed by atoms with E-state index in [1.165, 1.54) is 5.56 Å². The van der Waals surface area contributed by atoms with Crippen LogP contribution in [0.4, 0.5) is 5.69 Å². The van der Waals surface area contributed by atoms with Crippen molar-refractivity contribution in [2.24, 2.45) is 0 Å². The van der Waals surface area contributed by atoms with Crippen molar-refractivity contribution >= 4 is 33.9 Å². The van der Waals surface area contributed by atoms with Crippen molar-refractivity contribution < 1.29 is 4.42 Å². The predicted molar refractivity (Wildman–Crippen MR) is 134 cm³/mol. The molecule has 0 saturated heterocycles. The Morgan fingerprint density at radius 1 is 1.06 bits per heavy atom. The normalized spacial score (nSPS) is 11.0. The van der Waals surface area contributed by atoms with Gasteiger partial charge in [-0.05, 0) is 78.8 Å². The van der Waals surface area contributed by atoms with E-state index in [0.717, 1.165) is 39.9 Å². The maximum atomic E-state index is 12.9.